The summed E-state index contributed by atoms with van der Waals surface area (Å²) >= 11 is 7.29. The number of aryl methyl sites for hydroxylation is 1. The quantitative estimate of drug-likeness (QED) is 0.707. The SMILES string of the molecule is Cc1cc(N)c2cc(Cl)sc2n1. The minimum Gasteiger partial charge on any atom is -0.398 e. The molecule has 0 amide bonds. The van der Waals surface area contributed by atoms with E-state index in [9.17, 15) is 0 Å². The van der Waals surface area contributed by atoms with Gasteiger partial charge in [0.25, 0.3) is 0 Å². The van der Waals surface area contributed by atoms with E-state index in [2.05, 4.69) is 4.98 Å². The molecule has 2 heterocycles. The average molecular weight is 199 g/mol. The lowest BCUT2D eigenvalue weighted by Gasteiger charge is -1.96. The first-order valence-corrected chi connectivity index (χ1v) is 4.68. The molecule has 0 atom stereocenters. The Labute approximate surface area is 79.0 Å². The van der Waals surface area contributed by atoms with Crippen LogP contribution in [0.25, 0.3) is 10.2 Å². The molecule has 0 saturated heterocycles. The van der Waals surface area contributed by atoms with Gasteiger partial charge in [-0.3, -0.25) is 0 Å². The molecule has 0 bridgehead atoms. The summed E-state index contributed by atoms with van der Waals surface area (Å²) in [6.45, 7) is 1.92. The van der Waals surface area contributed by atoms with Crippen molar-refractivity contribution in [3.63, 3.8) is 0 Å². The lowest BCUT2D eigenvalue weighted by Crippen LogP contribution is -1.88. The van der Waals surface area contributed by atoms with Crippen LogP contribution < -0.4 is 5.73 Å². The Morgan fingerprint density at radius 1 is 1.50 bits per heavy atom. The Bertz CT molecular complexity index is 436. The lowest BCUT2D eigenvalue weighted by molar-refractivity contribution is 1.27. The maximum Gasteiger partial charge on any atom is 0.127 e. The van der Waals surface area contributed by atoms with Crippen molar-refractivity contribution in [1.82, 2.24) is 4.98 Å². The van der Waals surface area contributed by atoms with Gasteiger partial charge in [0.05, 0.1) is 4.34 Å². The average Bonchev–Trinajstić information content (AvgIpc) is 2.29. The second-order valence-corrected chi connectivity index (χ2v) is 4.28. The molecule has 0 unspecified atom stereocenters. The van der Waals surface area contributed by atoms with Crippen molar-refractivity contribution in [3.8, 4) is 0 Å². The molecule has 2 aromatic heterocycles. The van der Waals surface area contributed by atoms with Gasteiger partial charge in [0.15, 0.2) is 0 Å². The number of pyridine rings is 1. The van der Waals surface area contributed by atoms with E-state index in [1.165, 1.54) is 11.3 Å². The molecule has 4 heteroatoms. The second kappa shape index (κ2) is 2.61. The highest BCUT2D eigenvalue weighted by atomic mass is 35.5. The number of nitrogens with two attached hydrogens (primary N) is 1. The third-order valence-corrected chi connectivity index (χ3v) is 2.79. The summed E-state index contributed by atoms with van der Waals surface area (Å²) in [7, 11) is 0. The van der Waals surface area contributed by atoms with Crippen LogP contribution in [0.5, 0.6) is 0 Å². The fourth-order valence-electron chi connectivity index (χ4n) is 1.14. The third kappa shape index (κ3) is 1.15. The van der Waals surface area contributed by atoms with Gasteiger partial charge < -0.3 is 5.73 Å². The molecular formula is C8H7ClN2S. The maximum absolute atomic E-state index is 5.83. The fraction of sp³-hybridized carbons (Fsp3) is 0.125. The summed E-state index contributed by atoms with van der Waals surface area (Å²) in [5.41, 5.74) is 7.46. The standard InChI is InChI=1S/C8H7ClN2S/c1-4-2-6(10)5-3-7(9)12-8(5)11-4/h2-3H,1H3,(H2,10,11). The van der Waals surface area contributed by atoms with Crippen LogP contribution in [0.1, 0.15) is 5.69 Å². The molecule has 0 fully saturated rings. The Hall–Kier alpha value is -0.800. The number of rotatable bonds is 0. The van der Waals surface area contributed by atoms with Crippen LogP contribution >= 0.6 is 22.9 Å². The molecule has 0 aliphatic heterocycles. The Balaban J connectivity index is 2.88. The van der Waals surface area contributed by atoms with E-state index in [-0.39, 0.29) is 0 Å². The fourth-order valence-corrected chi connectivity index (χ4v) is 2.30. The number of nitrogens with zero attached hydrogens (tertiary/aromatic N) is 1. The number of thiophene rings is 1. The first kappa shape index (κ1) is 7.83. The van der Waals surface area contributed by atoms with Crippen LogP contribution in [-0.2, 0) is 0 Å². The van der Waals surface area contributed by atoms with Crippen molar-refractivity contribution in [3.05, 3.63) is 22.2 Å². The summed E-state index contributed by atoms with van der Waals surface area (Å²) < 4.78 is 0.731. The van der Waals surface area contributed by atoms with Gasteiger partial charge in [0, 0.05) is 16.8 Å². The largest absolute Gasteiger partial charge is 0.398 e. The number of anilines is 1. The normalized spacial score (nSPS) is 10.8. The van der Waals surface area contributed by atoms with E-state index in [0.717, 1.165) is 25.9 Å². The summed E-state index contributed by atoms with van der Waals surface area (Å²) in [5, 5.41) is 0.954. The van der Waals surface area contributed by atoms with Crippen LogP contribution in [0.15, 0.2) is 12.1 Å². The molecule has 2 aromatic rings. The van der Waals surface area contributed by atoms with Crippen LogP contribution in [0.4, 0.5) is 5.69 Å². The van der Waals surface area contributed by atoms with Crippen molar-refractivity contribution in [1.29, 1.82) is 0 Å². The van der Waals surface area contributed by atoms with Gasteiger partial charge >= 0.3 is 0 Å². The molecule has 2 N–H and O–H groups in total. The molecule has 0 spiro atoms. The predicted octanol–water partition coefficient (Wildman–Crippen LogP) is 2.84. The minimum absolute atomic E-state index is 0.731. The molecule has 0 saturated carbocycles. The summed E-state index contributed by atoms with van der Waals surface area (Å²) in [4.78, 5) is 5.23. The van der Waals surface area contributed by atoms with Crippen molar-refractivity contribution in [2.24, 2.45) is 0 Å². The molecule has 0 aliphatic rings. The number of nitrogen functional groups attached to an aromatic ring is 1. The zero-order valence-electron chi connectivity index (χ0n) is 6.47. The van der Waals surface area contributed by atoms with Gasteiger partial charge in [0.2, 0.25) is 0 Å². The van der Waals surface area contributed by atoms with Gasteiger partial charge in [-0.1, -0.05) is 11.6 Å². The van der Waals surface area contributed by atoms with Crippen molar-refractivity contribution < 1.29 is 0 Å². The van der Waals surface area contributed by atoms with Crippen LogP contribution in [-0.4, -0.2) is 4.98 Å². The van der Waals surface area contributed by atoms with Gasteiger partial charge in [-0.25, -0.2) is 4.98 Å². The molecule has 2 nitrogen and oxygen atoms in total. The van der Waals surface area contributed by atoms with E-state index >= 15 is 0 Å². The van der Waals surface area contributed by atoms with Crippen LogP contribution in [0.3, 0.4) is 0 Å². The molecule has 0 radical (unpaired) electrons. The number of halogens is 1. The monoisotopic (exact) mass is 198 g/mol. The Morgan fingerprint density at radius 3 is 3.00 bits per heavy atom. The first-order valence-electron chi connectivity index (χ1n) is 3.49. The number of hydrogen-bond donors (Lipinski definition) is 1. The van der Waals surface area contributed by atoms with Crippen molar-refractivity contribution in [2.45, 2.75) is 6.92 Å². The first-order chi connectivity index (χ1) is 5.66. The minimum atomic E-state index is 0.731. The predicted molar refractivity (Wildman–Crippen MR) is 53.8 cm³/mol. The number of fused-ring (bicyclic) bond motifs is 1. The third-order valence-electron chi connectivity index (χ3n) is 1.64. The zero-order chi connectivity index (χ0) is 8.72. The van der Waals surface area contributed by atoms with Gasteiger partial charge in [-0.15, -0.1) is 11.3 Å². The molecule has 2 rings (SSSR count). The molecule has 62 valence electrons. The van der Waals surface area contributed by atoms with E-state index in [1.807, 2.05) is 19.1 Å². The molecular weight excluding hydrogens is 192 g/mol. The van der Waals surface area contributed by atoms with Crippen molar-refractivity contribution >= 4 is 38.8 Å². The summed E-state index contributed by atoms with van der Waals surface area (Å²) in [6.07, 6.45) is 0. The van der Waals surface area contributed by atoms with Gasteiger partial charge in [-0.05, 0) is 19.1 Å². The number of hydrogen-bond acceptors (Lipinski definition) is 3. The van der Waals surface area contributed by atoms with Gasteiger partial charge in [-0.2, -0.15) is 0 Å². The molecule has 0 aromatic carbocycles. The van der Waals surface area contributed by atoms with Crippen LogP contribution in [0, 0.1) is 6.92 Å². The Kier molecular flexibility index (Phi) is 1.70. The molecule has 12 heavy (non-hydrogen) atoms. The van der Waals surface area contributed by atoms with E-state index in [0.29, 0.717) is 0 Å². The Morgan fingerprint density at radius 2 is 2.25 bits per heavy atom. The highest BCUT2D eigenvalue weighted by Crippen LogP contribution is 2.31. The number of aromatic nitrogens is 1. The highest BCUT2D eigenvalue weighted by Gasteiger charge is 2.04. The smallest absolute Gasteiger partial charge is 0.127 e. The zero-order valence-corrected chi connectivity index (χ0v) is 8.04. The van der Waals surface area contributed by atoms with Gasteiger partial charge in [0.1, 0.15) is 4.83 Å². The highest BCUT2D eigenvalue weighted by molar-refractivity contribution is 7.22. The summed E-state index contributed by atoms with van der Waals surface area (Å²) in [6, 6.07) is 3.70. The van der Waals surface area contributed by atoms with E-state index in [4.69, 9.17) is 17.3 Å². The molecule has 0 aliphatic carbocycles. The van der Waals surface area contributed by atoms with E-state index < -0.39 is 0 Å². The van der Waals surface area contributed by atoms with Crippen LogP contribution in [0.2, 0.25) is 4.34 Å². The van der Waals surface area contributed by atoms with Crippen molar-refractivity contribution in [2.75, 3.05) is 5.73 Å². The van der Waals surface area contributed by atoms with E-state index in [1.54, 1.807) is 0 Å². The topological polar surface area (TPSA) is 38.9 Å². The second-order valence-electron chi connectivity index (χ2n) is 2.62. The maximum atomic E-state index is 5.83. The lowest BCUT2D eigenvalue weighted by atomic mass is 10.2. The summed E-state index contributed by atoms with van der Waals surface area (Å²) in [5.74, 6) is 0.